The Hall–Kier alpha value is -1.80. The summed E-state index contributed by atoms with van der Waals surface area (Å²) in [5, 5.41) is 9.98. The number of hydrogen-bond donors (Lipinski definition) is 1. The van der Waals surface area contributed by atoms with E-state index in [4.69, 9.17) is 4.74 Å². The highest BCUT2D eigenvalue weighted by Crippen LogP contribution is 2.32. The Balaban J connectivity index is 1.73. The summed E-state index contributed by atoms with van der Waals surface area (Å²) in [7, 11) is 0. The number of hydrogen-bond acceptors (Lipinski definition) is 2. The van der Waals surface area contributed by atoms with Crippen LogP contribution in [-0.2, 0) is 13.0 Å². The van der Waals surface area contributed by atoms with E-state index in [0.717, 1.165) is 30.6 Å². The van der Waals surface area contributed by atoms with E-state index in [9.17, 15) is 5.11 Å². The van der Waals surface area contributed by atoms with Crippen LogP contribution in [-0.4, -0.2) is 5.11 Å². The molecule has 1 atom stereocenters. The van der Waals surface area contributed by atoms with Crippen LogP contribution in [0.3, 0.4) is 0 Å². The second-order valence-electron chi connectivity index (χ2n) is 6.05. The van der Waals surface area contributed by atoms with Crippen molar-refractivity contribution in [3.8, 4) is 5.75 Å². The van der Waals surface area contributed by atoms with Gasteiger partial charge in [0.1, 0.15) is 12.4 Å². The second kappa shape index (κ2) is 5.90. The number of aryl methyl sites for hydroxylation is 3. The molecule has 21 heavy (non-hydrogen) atoms. The van der Waals surface area contributed by atoms with E-state index in [-0.39, 0.29) is 6.10 Å². The van der Waals surface area contributed by atoms with Crippen LogP contribution < -0.4 is 4.74 Å². The van der Waals surface area contributed by atoms with Gasteiger partial charge in [0, 0.05) is 0 Å². The molecule has 0 heterocycles. The minimum atomic E-state index is -0.303. The molecule has 0 aromatic heterocycles. The lowest BCUT2D eigenvalue weighted by Crippen LogP contribution is -2.09. The summed E-state index contributed by atoms with van der Waals surface area (Å²) in [5.74, 6) is 0.891. The SMILES string of the molecule is Cc1cc(C)cc(COc2ccc3c(c2)CCCC3O)c1. The summed E-state index contributed by atoms with van der Waals surface area (Å²) in [6.45, 7) is 4.80. The van der Waals surface area contributed by atoms with E-state index < -0.39 is 0 Å². The molecular weight excluding hydrogens is 260 g/mol. The number of aliphatic hydroxyl groups excluding tert-OH is 1. The van der Waals surface area contributed by atoms with Gasteiger partial charge in [0.05, 0.1) is 6.10 Å². The van der Waals surface area contributed by atoms with Gasteiger partial charge in [-0.1, -0.05) is 35.4 Å². The van der Waals surface area contributed by atoms with E-state index in [1.54, 1.807) is 0 Å². The quantitative estimate of drug-likeness (QED) is 0.911. The molecule has 0 aliphatic heterocycles. The van der Waals surface area contributed by atoms with Gasteiger partial charge in [-0.25, -0.2) is 0 Å². The van der Waals surface area contributed by atoms with Crippen LogP contribution in [0.4, 0.5) is 0 Å². The summed E-state index contributed by atoms with van der Waals surface area (Å²) in [5.41, 5.74) is 6.03. The highest BCUT2D eigenvalue weighted by molar-refractivity contribution is 5.38. The Kier molecular flexibility index (Phi) is 3.98. The highest BCUT2D eigenvalue weighted by atomic mass is 16.5. The third kappa shape index (κ3) is 3.27. The van der Waals surface area contributed by atoms with Crippen molar-refractivity contribution in [1.82, 2.24) is 0 Å². The van der Waals surface area contributed by atoms with Crippen molar-refractivity contribution in [3.63, 3.8) is 0 Å². The van der Waals surface area contributed by atoms with Gasteiger partial charge in [0.25, 0.3) is 0 Å². The van der Waals surface area contributed by atoms with Crippen LogP contribution in [0.15, 0.2) is 36.4 Å². The topological polar surface area (TPSA) is 29.5 Å². The molecular formula is C19H22O2. The van der Waals surface area contributed by atoms with Crippen LogP contribution >= 0.6 is 0 Å². The maximum absolute atomic E-state index is 9.98. The number of fused-ring (bicyclic) bond motifs is 1. The standard InChI is InChI=1S/C19H22O2/c1-13-8-14(2)10-15(9-13)12-21-17-6-7-18-16(11-17)4-3-5-19(18)20/h6-11,19-20H,3-5,12H2,1-2H3. The smallest absolute Gasteiger partial charge is 0.120 e. The molecule has 2 aromatic rings. The first-order chi connectivity index (χ1) is 10.1. The molecule has 0 bridgehead atoms. The maximum atomic E-state index is 9.98. The molecule has 1 N–H and O–H groups in total. The largest absolute Gasteiger partial charge is 0.489 e. The van der Waals surface area contributed by atoms with Gasteiger partial charge in [-0.3, -0.25) is 0 Å². The summed E-state index contributed by atoms with van der Waals surface area (Å²) in [6.07, 6.45) is 2.65. The summed E-state index contributed by atoms with van der Waals surface area (Å²) < 4.78 is 5.92. The van der Waals surface area contributed by atoms with Gasteiger partial charge < -0.3 is 9.84 Å². The summed E-state index contributed by atoms with van der Waals surface area (Å²) in [6, 6.07) is 12.6. The van der Waals surface area contributed by atoms with Crippen LogP contribution in [0.25, 0.3) is 0 Å². The van der Waals surface area contributed by atoms with Gasteiger partial charge in [-0.05, 0) is 61.9 Å². The fourth-order valence-corrected chi connectivity index (χ4v) is 3.17. The molecule has 110 valence electrons. The van der Waals surface area contributed by atoms with Crippen LogP contribution in [0.1, 0.15) is 46.8 Å². The fourth-order valence-electron chi connectivity index (χ4n) is 3.17. The Morgan fingerprint density at radius 2 is 1.86 bits per heavy atom. The van der Waals surface area contributed by atoms with Gasteiger partial charge in [-0.15, -0.1) is 0 Å². The van der Waals surface area contributed by atoms with Crippen molar-refractivity contribution in [3.05, 3.63) is 64.2 Å². The molecule has 0 saturated heterocycles. The highest BCUT2D eigenvalue weighted by Gasteiger charge is 2.18. The van der Waals surface area contributed by atoms with Crippen LogP contribution in [0.2, 0.25) is 0 Å². The predicted molar refractivity (Wildman–Crippen MR) is 84.6 cm³/mol. The van der Waals surface area contributed by atoms with Crippen molar-refractivity contribution < 1.29 is 9.84 Å². The molecule has 0 amide bonds. The van der Waals surface area contributed by atoms with E-state index in [1.165, 1.54) is 22.3 Å². The third-order valence-corrected chi connectivity index (χ3v) is 4.08. The Bertz CT molecular complexity index is 626. The first kappa shape index (κ1) is 14.2. The van der Waals surface area contributed by atoms with Gasteiger partial charge in [0.15, 0.2) is 0 Å². The molecule has 2 aromatic carbocycles. The molecule has 1 unspecified atom stereocenters. The van der Waals surface area contributed by atoms with Crippen molar-refractivity contribution in [1.29, 1.82) is 0 Å². The molecule has 0 fully saturated rings. The Labute approximate surface area is 126 Å². The number of benzene rings is 2. The zero-order chi connectivity index (χ0) is 14.8. The molecule has 2 heteroatoms. The van der Waals surface area contributed by atoms with E-state index in [0.29, 0.717) is 6.61 Å². The number of rotatable bonds is 3. The molecule has 0 saturated carbocycles. The molecule has 2 nitrogen and oxygen atoms in total. The maximum Gasteiger partial charge on any atom is 0.120 e. The zero-order valence-electron chi connectivity index (χ0n) is 12.7. The fraction of sp³-hybridized carbons (Fsp3) is 0.368. The zero-order valence-corrected chi connectivity index (χ0v) is 12.7. The molecule has 1 aliphatic carbocycles. The van der Waals surface area contributed by atoms with Crippen LogP contribution in [0, 0.1) is 13.8 Å². The minimum Gasteiger partial charge on any atom is -0.489 e. The minimum absolute atomic E-state index is 0.303. The van der Waals surface area contributed by atoms with Crippen molar-refractivity contribution >= 4 is 0 Å². The molecule has 0 spiro atoms. The van der Waals surface area contributed by atoms with E-state index in [2.05, 4.69) is 38.1 Å². The third-order valence-electron chi connectivity index (χ3n) is 4.08. The van der Waals surface area contributed by atoms with Crippen molar-refractivity contribution in [2.75, 3.05) is 0 Å². The van der Waals surface area contributed by atoms with Crippen molar-refractivity contribution in [2.24, 2.45) is 0 Å². The lowest BCUT2D eigenvalue weighted by molar-refractivity contribution is 0.156. The lowest BCUT2D eigenvalue weighted by atomic mass is 9.89. The average molecular weight is 282 g/mol. The van der Waals surface area contributed by atoms with Crippen molar-refractivity contribution in [2.45, 2.75) is 45.8 Å². The van der Waals surface area contributed by atoms with Gasteiger partial charge >= 0.3 is 0 Å². The average Bonchev–Trinajstić information content (AvgIpc) is 2.44. The van der Waals surface area contributed by atoms with Gasteiger partial charge in [0.2, 0.25) is 0 Å². The van der Waals surface area contributed by atoms with E-state index in [1.807, 2.05) is 12.1 Å². The second-order valence-corrected chi connectivity index (χ2v) is 6.05. The van der Waals surface area contributed by atoms with Crippen LogP contribution in [0.5, 0.6) is 5.75 Å². The number of ether oxygens (including phenoxy) is 1. The summed E-state index contributed by atoms with van der Waals surface area (Å²) in [4.78, 5) is 0. The predicted octanol–water partition coefficient (Wildman–Crippen LogP) is 4.25. The molecule has 1 aliphatic rings. The lowest BCUT2D eigenvalue weighted by Gasteiger charge is -2.21. The Morgan fingerprint density at radius 1 is 1.10 bits per heavy atom. The number of aliphatic hydroxyl groups is 1. The molecule has 3 rings (SSSR count). The van der Waals surface area contributed by atoms with E-state index >= 15 is 0 Å². The first-order valence-electron chi connectivity index (χ1n) is 7.63. The normalized spacial score (nSPS) is 17.4. The van der Waals surface area contributed by atoms with Gasteiger partial charge in [-0.2, -0.15) is 0 Å². The first-order valence-corrected chi connectivity index (χ1v) is 7.63. The summed E-state index contributed by atoms with van der Waals surface area (Å²) >= 11 is 0. The monoisotopic (exact) mass is 282 g/mol. The Morgan fingerprint density at radius 3 is 2.62 bits per heavy atom. The molecule has 0 radical (unpaired) electrons.